The van der Waals surface area contributed by atoms with Crippen LogP contribution in [0.2, 0.25) is 0 Å². The predicted octanol–water partition coefficient (Wildman–Crippen LogP) is 2.16. The van der Waals surface area contributed by atoms with Crippen molar-refractivity contribution in [2.45, 2.75) is 19.3 Å². The van der Waals surface area contributed by atoms with Crippen LogP contribution in [0.3, 0.4) is 0 Å². The van der Waals surface area contributed by atoms with E-state index in [2.05, 4.69) is 19.9 Å². The second kappa shape index (κ2) is 7.18. The number of nitrogens with zero attached hydrogens (tertiary/aromatic N) is 2. The minimum atomic E-state index is -4.72. The van der Waals surface area contributed by atoms with Crippen LogP contribution in [0, 0.1) is 0 Å². The molecular weight excluding hydrogens is 311 g/mol. The molecule has 1 fully saturated rings. The lowest BCUT2D eigenvalue weighted by Crippen LogP contribution is -2.51. The molecule has 0 unspecified atom stereocenters. The third-order valence-electron chi connectivity index (χ3n) is 3.82. The van der Waals surface area contributed by atoms with E-state index in [1.807, 2.05) is 14.0 Å². The SMILES string of the molecule is C[C@@H](C(=O)Nc1ccc(OC(F)(F)F)cc1)N1CCN(C)CC1. The molecule has 8 heteroatoms. The first-order valence-electron chi connectivity index (χ1n) is 7.34. The van der Waals surface area contributed by atoms with E-state index in [0.29, 0.717) is 5.69 Å². The van der Waals surface area contributed by atoms with Crippen LogP contribution < -0.4 is 10.1 Å². The Hall–Kier alpha value is -1.80. The Labute approximate surface area is 133 Å². The zero-order valence-corrected chi connectivity index (χ0v) is 13.1. The molecule has 1 amide bonds. The summed E-state index contributed by atoms with van der Waals surface area (Å²) in [4.78, 5) is 16.5. The van der Waals surface area contributed by atoms with Crippen LogP contribution in [0.1, 0.15) is 6.92 Å². The number of hydrogen-bond acceptors (Lipinski definition) is 4. The van der Waals surface area contributed by atoms with Gasteiger partial charge in [-0.05, 0) is 38.2 Å². The van der Waals surface area contributed by atoms with Gasteiger partial charge in [0.25, 0.3) is 0 Å². The highest BCUT2D eigenvalue weighted by molar-refractivity contribution is 5.94. The molecule has 1 heterocycles. The van der Waals surface area contributed by atoms with E-state index in [1.165, 1.54) is 24.3 Å². The molecule has 0 aromatic heterocycles. The fraction of sp³-hybridized carbons (Fsp3) is 0.533. The Bertz CT molecular complexity index is 526. The van der Waals surface area contributed by atoms with Crippen LogP contribution in [0.4, 0.5) is 18.9 Å². The second-order valence-corrected chi connectivity index (χ2v) is 5.58. The van der Waals surface area contributed by atoms with E-state index in [1.54, 1.807) is 0 Å². The van der Waals surface area contributed by atoms with Gasteiger partial charge >= 0.3 is 6.36 Å². The number of nitrogens with one attached hydrogen (secondary N) is 1. The van der Waals surface area contributed by atoms with Crippen LogP contribution in [-0.4, -0.2) is 61.3 Å². The third kappa shape index (κ3) is 5.40. The summed E-state index contributed by atoms with van der Waals surface area (Å²) < 4.78 is 40.1. The van der Waals surface area contributed by atoms with Crippen LogP contribution in [0.25, 0.3) is 0 Å². The summed E-state index contributed by atoms with van der Waals surface area (Å²) in [7, 11) is 2.03. The molecule has 0 radical (unpaired) electrons. The number of carbonyl (C=O) groups excluding carboxylic acids is 1. The van der Waals surface area contributed by atoms with Crippen molar-refractivity contribution in [1.29, 1.82) is 0 Å². The van der Waals surface area contributed by atoms with Gasteiger partial charge in [-0.25, -0.2) is 0 Å². The van der Waals surface area contributed by atoms with Gasteiger partial charge < -0.3 is 15.0 Å². The van der Waals surface area contributed by atoms with E-state index in [0.717, 1.165) is 26.2 Å². The van der Waals surface area contributed by atoms with E-state index in [4.69, 9.17) is 0 Å². The molecular formula is C15H20F3N3O2. The average Bonchev–Trinajstić information content (AvgIpc) is 2.48. The van der Waals surface area contributed by atoms with Crippen molar-refractivity contribution in [3.05, 3.63) is 24.3 Å². The van der Waals surface area contributed by atoms with Crippen molar-refractivity contribution >= 4 is 11.6 Å². The lowest BCUT2D eigenvalue weighted by atomic mass is 10.2. The quantitative estimate of drug-likeness (QED) is 0.918. The lowest BCUT2D eigenvalue weighted by molar-refractivity contribution is -0.274. The number of benzene rings is 1. The van der Waals surface area contributed by atoms with E-state index >= 15 is 0 Å². The zero-order valence-electron chi connectivity index (χ0n) is 13.1. The van der Waals surface area contributed by atoms with Crippen LogP contribution in [0.15, 0.2) is 24.3 Å². The maximum Gasteiger partial charge on any atom is 0.573 e. The van der Waals surface area contributed by atoms with Crippen molar-refractivity contribution in [3.63, 3.8) is 0 Å². The van der Waals surface area contributed by atoms with Gasteiger partial charge in [-0.1, -0.05) is 0 Å². The maximum absolute atomic E-state index is 12.2. The van der Waals surface area contributed by atoms with Crippen LogP contribution in [0.5, 0.6) is 5.75 Å². The summed E-state index contributed by atoms with van der Waals surface area (Å²) in [5.74, 6) is -0.498. The molecule has 1 saturated heterocycles. The molecule has 0 spiro atoms. The Morgan fingerprint density at radius 1 is 1.17 bits per heavy atom. The maximum atomic E-state index is 12.2. The molecule has 1 aliphatic heterocycles. The smallest absolute Gasteiger partial charge is 0.406 e. The summed E-state index contributed by atoms with van der Waals surface area (Å²) in [6, 6.07) is 4.81. The minimum Gasteiger partial charge on any atom is -0.406 e. The summed E-state index contributed by atoms with van der Waals surface area (Å²) in [5, 5.41) is 2.71. The van der Waals surface area contributed by atoms with Crippen molar-refractivity contribution in [3.8, 4) is 5.75 Å². The number of piperazine rings is 1. The second-order valence-electron chi connectivity index (χ2n) is 5.58. The molecule has 1 aromatic carbocycles. The summed E-state index contributed by atoms with van der Waals surface area (Å²) >= 11 is 0. The molecule has 0 saturated carbocycles. The van der Waals surface area contributed by atoms with Gasteiger partial charge in [-0.15, -0.1) is 13.2 Å². The number of anilines is 1. The minimum absolute atomic E-state index is 0.181. The van der Waals surface area contributed by atoms with Crippen molar-refractivity contribution < 1.29 is 22.7 Å². The summed E-state index contributed by atoms with van der Waals surface area (Å²) in [6.45, 7) is 5.25. The number of amides is 1. The van der Waals surface area contributed by atoms with Crippen molar-refractivity contribution in [2.75, 3.05) is 38.5 Å². The number of ether oxygens (including phenoxy) is 1. The monoisotopic (exact) mass is 331 g/mol. The normalized spacial score (nSPS) is 18.5. The fourth-order valence-corrected chi connectivity index (χ4v) is 2.36. The first-order chi connectivity index (χ1) is 10.7. The van der Waals surface area contributed by atoms with Gasteiger partial charge in [0.15, 0.2) is 0 Å². The molecule has 0 bridgehead atoms. The third-order valence-corrected chi connectivity index (χ3v) is 3.82. The van der Waals surface area contributed by atoms with E-state index in [9.17, 15) is 18.0 Å². The largest absolute Gasteiger partial charge is 0.573 e. The van der Waals surface area contributed by atoms with E-state index < -0.39 is 6.36 Å². The molecule has 128 valence electrons. The summed E-state index contributed by atoms with van der Waals surface area (Å²) in [5.41, 5.74) is 0.436. The van der Waals surface area contributed by atoms with E-state index in [-0.39, 0.29) is 17.7 Å². The first kappa shape index (κ1) is 17.6. The van der Waals surface area contributed by atoms with Gasteiger partial charge in [0.1, 0.15) is 5.75 Å². The van der Waals surface area contributed by atoms with Crippen LogP contribution in [-0.2, 0) is 4.79 Å². The number of halogens is 3. The van der Waals surface area contributed by atoms with Gasteiger partial charge in [0.05, 0.1) is 6.04 Å². The fourth-order valence-electron chi connectivity index (χ4n) is 2.36. The Morgan fingerprint density at radius 2 is 1.74 bits per heavy atom. The number of alkyl halides is 3. The standard InChI is InChI=1S/C15H20F3N3O2/c1-11(21-9-7-20(2)8-10-21)14(22)19-12-3-5-13(6-4-12)23-15(16,17)18/h3-6,11H,7-10H2,1-2H3,(H,19,22)/t11-/m0/s1. The number of carbonyl (C=O) groups is 1. The molecule has 1 aliphatic rings. The molecule has 5 nitrogen and oxygen atoms in total. The molecule has 1 N–H and O–H groups in total. The number of likely N-dealkylation sites (N-methyl/N-ethyl adjacent to an activating group) is 1. The molecule has 1 aromatic rings. The Balaban J connectivity index is 1.89. The average molecular weight is 331 g/mol. The topological polar surface area (TPSA) is 44.8 Å². The van der Waals surface area contributed by atoms with Gasteiger partial charge in [-0.3, -0.25) is 9.69 Å². The zero-order chi connectivity index (χ0) is 17.0. The first-order valence-corrected chi connectivity index (χ1v) is 7.34. The van der Waals surface area contributed by atoms with Crippen molar-refractivity contribution in [2.24, 2.45) is 0 Å². The highest BCUT2D eigenvalue weighted by Crippen LogP contribution is 2.24. The number of hydrogen-bond donors (Lipinski definition) is 1. The molecule has 0 aliphatic carbocycles. The predicted molar refractivity (Wildman–Crippen MR) is 80.3 cm³/mol. The Morgan fingerprint density at radius 3 is 2.26 bits per heavy atom. The van der Waals surface area contributed by atoms with Crippen LogP contribution >= 0.6 is 0 Å². The van der Waals surface area contributed by atoms with Gasteiger partial charge in [0, 0.05) is 31.9 Å². The molecule has 1 atom stereocenters. The molecule has 23 heavy (non-hydrogen) atoms. The van der Waals surface area contributed by atoms with Gasteiger partial charge in [-0.2, -0.15) is 0 Å². The van der Waals surface area contributed by atoms with Crippen molar-refractivity contribution in [1.82, 2.24) is 9.80 Å². The lowest BCUT2D eigenvalue weighted by Gasteiger charge is -2.35. The number of rotatable bonds is 4. The highest BCUT2D eigenvalue weighted by Gasteiger charge is 2.31. The molecule has 2 rings (SSSR count). The highest BCUT2D eigenvalue weighted by atomic mass is 19.4. The van der Waals surface area contributed by atoms with Gasteiger partial charge in [0.2, 0.25) is 5.91 Å². The Kier molecular flexibility index (Phi) is 5.48. The summed E-state index contributed by atoms with van der Waals surface area (Å²) in [6.07, 6.45) is -4.72.